The predicted octanol–water partition coefficient (Wildman–Crippen LogP) is 0.722. The van der Waals surface area contributed by atoms with Crippen LogP contribution in [0.15, 0.2) is 0 Å². The summed E-state index contributed by atoms with van der Waals surface area (Å²) in [6, 6.07) is 0.661. The van der Waals surface area contributed by atoms with Gasteiger partial charge in [0.2, 0.25) is 0 Å². The van der Waals surface area contributed by atoms with E-state index in [0.717, 1.165) is 6.67 Å². The smallest absolute Gasteiger partial charge is 0.0488 e. The van der Waals surface area contributed by atoms with Crippen molar-refractivity contribution in [3.8, 4) is 0 Å². The molecule has 0 aromatic carbocycles. The van der Waals surface area contributed by atoms with E-state index in [9.17, 15) is 0 Å². The lowest BCUT2D eigenvalue weighted by Gasteiger charge is -2.47. The number of hydrogen-bond donors (Lipinski definition) is 1. The molecule has 1 N–H and O–H groups in total. The molecule has 0 aromatic heterocycles. The fourth-order valence-corrected chi connectivity index (χ4v) is 3.06. The van der Waals surface area contributed by atoms with Crippen LogP contribution in [0.5, 0.6) is 0 Å². The van der Waals surface area contributed by atoms with Gasteiger partial charge in [0.25, 0.3) is 0 Å². The van der Waals surface area contributed by atoms with Crippen molar-refractivity contribution in [1.82, 2.24) is 15.1 Å². The number of hydrogen-bond acceptors (Lipinski definition) is 3. The first-order valence-corrected chi connectivity index (χ1v) is 5.80. The average molecular weight is 197 g/mol. The summed E-state index contributed by atoms with van der Waals surface area (Å²) in [4.78, 5) is 5.13. The molecule has 0 radical (unpaired) electrons. The minimum atomic E-state index is 0.480. The highest BCUT2D eigenvalue weighted by Crippen LogP contribution is 2.33. The fourth-order valence-electron chi connectivity index (χ4n) is 3.06. The van der Waals surface area contributed by atoms with Gasteiger partial charge in [0.15, 0.2) is 0 Å². The van der Waals surface area contributed by atoms with E-state index in [-0.39, 0.29) is 0 Å². The first-order valence-electron chi connectivity index (χ1n) is 5.80. The van der Waals surface area contributed by atoms with E-state index in [1.165, 1.54) is 32.5 Å². The molecule has 2 aliphatic rings. The third kappa shape index (κ3) is 1.69. The summed E-state index contributed by atoms with van der Waals surface area (Å²) in [5.41, 5.74) is 0.480. The molecule has 2 rings (SSSR count). The molecule has 1 unspecified atom stereocenters. The SMILES string of the molecule is CC(C)N1CNCCC12CCN(C)C2. The lowest BCUT2D eigenvalue weighted by Crippen LogP contribution is -2.61. The van der Waals surface area contributed by atoms with Crippen LogP contribution >= 0.6 is 0 Å². The Balaban J connectivity index is 2.13. The van der Waals surface area contributed by atoms with Gasteiger partial charge >= 0.3 is 0 Å². The van der Waals surface area contributed by atoms with E-state index < -0.39 is 0 Å². The van der Waals surface area contributed by atoms with E-state index >= 15 is 0 Å². The van der Waals surface area contributed by atoms with Crippen LogP contribution < -0.4 is 5.32 Å². The molecule has 0 saturated carbocycles. The predicted molar refractivity (Wildman–Crippen MR) is 59.3 cm³/mol. The summed E-state index contributed by atoms with van der Waals surface area (Å²) < 4.78 is 0. The molecular weight excluding hydrogens is 174 g/mol. The molecule has 3 nitrogen and oxygen atoms in total. The molecule has 1 spiro atoms. The van der Waals surface area contributed by atoms with Crippen molar-refractivity contribution in [2.75, 3.05) is 33.4 Å². The maximum atomic E-state index is 3.49. The Labute approximate surface area is 87.4 Å². The Morgan fingerprint density at radius 2 is 2.07 bits per heavy atom. The number of rotatable bonds is 1. The molecule has 2 aliphatic heterocycles. The van der Waals surface area contributed by atoms with Crippen LogP contribution in [0.2, 0.25) is 0 Å². The van der Waals surface area contributed by atoms with Gasteiger partial charge in [-0.15, -0.1) is 0 Å². The maximum Gasteiger partial charge on any atom is 0.0488 e. The molecule has 2 heterocycles. The van der Waals surface area contributed by atoms with E-state index in [4.69, 9.17) is 0 Å². The second kappa shape index (κ2) is 3.80. The molecular formula is C11H23N3. The third-order valence-corrected chi connectivity index (χ3v) is 3.81. The van der Waals surface area contributed by atoms with Gasteiger partial charge in [0.05, 0.1) is 0 Å². The highest BCUT2D eigenvalue weighted by Gasteiger charge is 2.43. The van der Waals surface area contributed by atoms with E-state index in [0.29, 0.717) is 11.6 Å². The zero-order valence-corrected chi connectivity index (χ0v) is 9.71. The Morgan fingerprint density at radius 3 is 2.64 bits per heavy atom. The minimum absolute atomic E-state index is 0.480. The Morgan fingerprint density at radius 1 is 1.29 bits per heavy atom. The summed E-state index contributed by atoms with van der Waals surface area (Å²) in [6.07, 6.45) is 2.67. The van der Waals surface area contributed by atoms with Gasteiger partial charge in [-0.25, -0.2) is 0 Å². The molecule has 82 valence electrons. The third-order valence-electron chi connectivity index (χ3n) is 3.81. The zero-order chi connectivity index (χ0) is 10.2. The number of likely N-dealkylation sites (tertiary alicyclic amines) is 1. The Kier molecular flexibility index (Phi) is 2.82. The van der Waals surface area contributed by atoms with E-state index in [1.807, 2.05) is 0 Å². The highest BCUT2D eigenvalue weighted by molar-refractivity contribution is 5.01. The van der Waals surface area contributed by atoms with Crippen molar-refractivity contribution < 1.29 is 0 Å². The van der Waals surface area contributed by atoms with Gasteiger partial charge in [0.1, 0.15) is 0 Å². The second-order valence-electron chi connectivity index (χ2n) is 5.18. The van der Waals surface area contributed by atoms with Crippen molar-refractivity contribution in [3.63, 3.8) is 0 Å². The lowest BCUT2D eigenvalue weighted by molar-refractivity contribution is 0.0218. The van der Waals surface area contributed by atoms with Gasteiger partial charge in [0, 0.05) is 24.8 Å². The first kappa shape index (κ1) is 10.4. The van der Waals surface area contributed by atoms with Gasteiger partial charge in [-0.05, 0) is 46.8 Å². The van der Waals surface area contributed by atoms with Crippen LogP contribution in [0.4, 0.5) is 0 Å². The Bertz CT molecular complexity index is 201. The fraction of sp³-hybridized carbons (Fsp3) is 1.00. The summed E-state index contributed by atoms with van der Waals surface area (Å²) in [5, 5.41) is 3.49. The molecule has 0 amide bonds. The van der Waals surface area contributed by atoms with E-state index in [2.05, 4.69) is 36.0 Å². The topological polar surface area (TPSA) is 18.5 Å². The Hall–Kier alpha value is -0.120. The quantitative estimate of drug-likeness (QED) is 0.668. The molecule has 1 atom stereocenters. The lowest BCUT2D eigenvalue weighted by atomic mass is 9.89. The molecule has 3 heteroatoms. The van der Waals surface area contributed by atoms with Crippen molar-refractivity contribution >= 4 is 0 Å². The summed E-state index contributed by atoms with van der Waals surface area (Å²) in [5.74, 6) is 0. The molecule has 0 bridgehead atoms. The largest absolute Gasteiger partial charge is 0.304 e. The van der Waals surface area contributed by atoms with Crippen LogP contribution in [0.1, 0.15) is 26.7 Å². The van der Waals surface area contributed by atoms with Crippen LogP contribution in [-0.2, 0) is 0 Å². The van der Waals surface area contributed by atoms with Crippen LogP contribution in [0.25, 0.3) is 0 Å². The van der Waals surface area contributed by atoms with Crippen LogP contribution in [0, 0.1) is 0 Å². The van der Waals surface area contributed by atoms with Gasteiger partial charge in [-0.1, -0.05) is 0 Å². The van der Waals surface area contributed by atoms with Crippen LogP contribution in [-0.4, -0.2) is 54.7 Å². The number of likely N-dealkylation sites (N-methyl/N-ethyl adjacent to an activating group) is 1. The maximum absolute atomic E-state index is 3.49. The van der Waals surface area contributed by atoms with Crippen molar-refractivity contribution in [1.29, 1.82) is 0 Å². The number of nitrogens with zero attached hydrogens (tertiary/aromatic N) is 2. The van der Waals surface area contributed by atoms with Crippen molar-refractivity contribution in [3.05, 3.63) is 0 Å². The van der Waals surface area contributed by atoms with Crippen molar-refractivity contribution in [2.24, 2.45) is 0 Å². The van der Waals surface area contributed by atoms with Gasteiger partial charge in [-0.3, -0.25) is 4.90 Å². The molecule has 14 heavy (non-hydrogen) atoms. The van der Waals surface area contributed by atoms with Crippen molar-refractivity contribution in [2.45, 2.75) is 38.3 Å². The molecule has 2 fully saturated rings. The summed E-state index contributed by atoms with van der Waals surface area (Å²) in [7, 11) is 2.25. The summed E-state index contributed by atoms with van der Waals surface area (Å²) >= 11 is 0. The first-order chi connectivity index (χ1) is 6.64. The number of nitrogens with one attached hydrogen (secondary N) is 1. The molecule has 2 saturated heterocycles. The van der Waals surface area contributed by atoms with Crippen LogP contribution in [0.3, 0.4) is 0 Å². The second-order valence-corrected chi connectivity index (χ2v) is 5.18. The normalized spacial score (nSPS) is 36.0. The zero-order valence-electron chi connectivity index (χ0n) is 9.71. The standard InChI is InChI=1S/C11H23N3/c1-10(2)14-9-12-6-4-11(14)5-7-13(3)8-11/h10,12H,4-9H2,1-3H3. The van der Waals surface area contributed by atoms with Gasteiger partial charge in [-0.2, -0.15) is 0 Å². The molecule has 0 aromatic rings. The molecule has 0 aliphatic carbocycles. The van der Waals surface area contributed by atoms with Gasteiger partial charge < -0.3 is 10.2 Å². The highest BCUT2D eigenvalue weighted by atomic mass is 15.4. The average Bonchev–Trinajstić information content (AvgIpc) is 2.48. The monoisotopic (exact) mass is 197 g/mol. The summed E-state index contributed by atoms with van der Waals surface area (Å²) in [6.45, 7) is 9.42. The van der Waals surface area contributed by atoms with E-state index in [1.54, 1.807) is 0 Å². The minimum Gasteiger partial charge on any atom is -0.304 e.